The number of hydrogen-bond acceptors (Lipinski definition) is 5. The van der Waals surface area contributed by atoms with Gasteiger partial charge >= 0.3 is 0 Å². The monoisotopic (exact) mass is 469 g/mol. The smallest absolute Gasteiger partial charge is 0.267 e. The number of sulfonamides is 1. The molecule has 0 saturated heterocycles. The van der Waals surface area contributed by atoms with Gasteiger partial charge in [0, 0.05) is 23.3 Å². The normalized spacial score (nSPS) is 10.6. The molecule has 0 saturated carbocycles. The Bertz CT molecular complexity index is 1150. The first-order chi connectivity index (χ1) is 13.3. The van der Waals surface area contributed by atoms with Crippen LogP contribution in [0.2, 0.25) is 10.0 Å². The van der Waals surface area contributed by atoms with E-state index in [-0.39, 0.29) is 34.4 Å². The van der Waals surface area contributed by atoms with E-state index in [0.29, 0.717) is 15.7 Å². The van der Waals surface area contributed by atoms with Crippen molar-refractivity contribution in [3.63, 3.8) is 0 Å². The van der Waals surface area contributed by atoms with E-state index in [1.165, 1.54) is 55.8 Å². The molecule has 0 aliphatic rings. The van der Waals surface area contributed by atoms with E-state index in [2.05, 4.69) is 4.98 Å². The van der Waals surface area contributed by atoms with Gasteiger partial charge < -0.3 is 4.74 Å². The Morgan fingerprint density at radius 1 is 1.10 bits per heavy atom. The highest BCUT2D eigenvalue weighted by molar-refractivity contribution is 7.92. The third-order valence-electron chi connectivity index (χ3n) is 3.78. The van der Waals surface area contributed by atoms with Crippen LogP contribution in [0.25, 0.3) is 0 Å². The summed E-state index contributed by atoms with van der Waals surface area (Å²) >= 11 is 12.0. The van der Waals surface area contributed by atoms with Crippen molar-refractivity contribution in [2.24, 2.45) is 0 Å². The second-order valence-electron chi connectivity index (χ2n) is 5.66. The van der Waals surface area contributed by atoms with Crippen LogP contribution in [0, 0.1) is 11.3 Å². The Balaban J connectivity index is 0.00000300. The first kappa shape index (κ1) is 22.8. The number of aromatic nitrogens is 1. The summed E-state index contributed by atoms with van der Waals surface area (Å²) in [6, 6.07) is 13.8. The molecular weight excluding hydrogens is 457 g/mol. The maximum Gasteiger partial charge on any atom is 0.267 e. The van der Waals surface area contributed by atoms with Crippen molar-refractivity contribution in [2.75, 3.05) is 11.4 Å². The van der Waals surface area contributed by atoms with E-state index in [0.717, 1.165) is 4.31 Å². The number of halogens is 3. The summed E-state index contributed by atoms with van der Waals surface area (Å²) in [5, 5.41) is 9.87. The Morgan fingerprint density at radius 2 is 1.79 bits per heavy atom. The maximum absolute atomic E-state index is 13.2. The van der Waals surface area contributed by atoms with Gasteiger partial charge in [0.05, 0.1) is 23.5 Å². The molecule has 0 N–H and O–H groups in total. The number of anilines is 1. The average molecular weight is 471 g/mol. The summed E-state index contributed by atoms with van der Waals surface area (Å²) in [6.45, 7) is 0. The van der Waals surface area contributed by atoms with Crippen molar-refractivity contribution >= 4 is 51.3 Å². The van der Waals surface area contributed by atoms with Crippen LogP contribution in [0.15, 0.2) is 65.8 Å². The van der Waals surface area contributed by atoms with E-state index >= 15 is 0 Å². The summed E-state index contributed by atoms with van der Waals surface area (Å²) in [7, 11) is -2.65. The summed E-state index contributed by atoms with van der Waals surface area (Å²) in [6.07, 6.45) is 2.96. The third-order valence-corrected chi connectivity index (χ3v) is 6.03. The molecular formula is C19H14Cl3N3O3S. The summed E-state index contributed by atoms with van der Waals surface area (Å²) in [5.41, 5.74) is 0.538. The van der Waals surface area contributed by atoms with Crippen LogP contribution in [-0.4, -0.2) is 20.4 Å². The molecule has 3 aromatic rings. The van der Waals surface area contributed by atoms with E-state index in [1.807, 2.05) is 6.07 Å². The number of ether oxygens (including phenoxy) is 1. The Morgan fingerprint density at radius 3 is 2.38 bits per heavy atom. The second-order valence-corrected chi connectivity index (χ2v) is 8.47. The highest BCUT2D eigenvalue weighted by Crippen LogP contribution is 2.34. The Hall–Kier alpha value is -2.50. The summed E-state index contributed by atoms with van der Waals surface area (Å²) < 4.78 is 33.2. The lowest BCUT2D eigenvalue weighted by Gasteiger charge is -2.21. The van der Waals surface area contributed by atoms with Crippen molar-refractivity contribution in [3.05, 3.63) is 76.5 Å². The standard InChI is InChI=1S/C19H13Cl2N3O3S.ClH/c1-24(16-3-2-6-23-12-16)28(25,26)19-7-13(11-22)4-5-18(19)27-17-9-14(20)8-15(21)10-17;/h2-10,12H,1H3;1H. The molecule has 1 aromatic heterocycles. The number of nitrogens with zero attached hydrogens (tertiary/aromatic N) is 3. The molecule has 0 radical (unpaired) electrons. The van der Waals surface area contributed by atoms with Gasteiger partial charge in [0.25, 0.3) is 10.0 Å². The zero-order valence-corrected chi connectivity index (χ0v) is 18.1. The topological polar surface area (TPSA) is 83.3 Å². The van der Waals surface area contributed by atoms with Crippen molar-refractivity contribution in [1.29, 1.82) is 5.26 Å². The number of rotatable bonds is 5. The fourth-order valence-corrected chi connectivity index (χ4v) is 4.23. The zero-order chi connectivity index (χ0) is 20.3. The second kappa shape index (κ2) is 9.33. The van der Waals surface area contributed by atoms with E-state index in [9.17, 15) is 13.7 Å². The number of benzene rings is 2. The first-order valence-electron chi connectivity index (χ1n) is 7.88. The largest absolute Gasteiger partial charge is 0.456 e. The SMILES string of the molecule is CN(c1cccnc1)S(=O)(=O)c1cc(C#N)ccc1Oc1cc(Cl)cc(Cl)c1.Cl. The number of hydrogen-bond donors (Lipinski definition) is 0. The van der Waals surface area contributed by atoms with Crippen LogP contribution in [-0.2, 0) is 10.0 Å². The van der Waals surface area contributed by atoms with Gasteiger partial charge in [-0.1, -0.05) is 23.2 Å². The fourth-order valence-electron chi connectivity index (χ4n) is 2.40. The molecule has 0 fully saturated rings. The quantitative estimate of drug-likeness (QED) is 0.505. The molecule has 6 nitrogen and oxygen atoms in total. The van der Waals surface area contributed by atoms with Crippen molar-refractivity contribution in [2.45, 2.75) is 4.90 Å². The molecule has 1 heterocycles. The molecule has 0 bridgehead atoms. The van der Waals surface area contributed by atoms with Crippen LogP contribution in [0.5, 0.6) is 11.5 Å². The molecule has 3 rings (SSSR count). The van der Waals surface area contributed by atoms with Crippen molar-refractivity contribution in [3.8, 4) is 17.6 Å². The summed E-state index contributed by atoms with van der Waals surface area (Å²) in [5.74, 6) is 0.302. The minimum Gasteiger partial charge on any atom is -0.456 e. The predicted octanol–water partition coefficient (Wildman–Crippen LogP) is 5.30. The molecule has 0 amide bonds. The number of pyridine rings is 1. The molecule has 29 heavy (non-hydrogen) atoms. The van der Waals surface area contributed by atoms with Gasteiger partial charge in [-0.05, 0) is 48.5 Å². The molecule has 150 valence electrons. The molecule has 0 aliphatic heterocycles. The lowest BCUT2D eigenvalue weighted by molar-refractivity contribution is 0.467. The van der Waals surface area contributed by atoms with Crippen LogP contribution >= 0.6 is 35.6 Å². The van der Waals surface area contributed by atoms with Gasteiger partial charge in [0.15, 0.2) is 0 Å². The fraction of sp³-hybridized carbons (Fsp3) is 0.0526. The molecule has 10 heteroatoms. The molecule has 0 unspecified atom stereocenters. The van der Waals surface area contributed by atoms with Crippen LogP contribution in [0.3, 0.4) is 0 Å². The lowest BCUT2D eigenvalue weighted by Crippen LogP contribution is -2.27. The first-order valence-corrected chi connectivity index (χ1v) is 10.1. The number of nitriles is 1. The van der Waals surface area contributed by atoms with Crippen LogP contribution in [0.4, 0.5) is 5.69 Å². The van der Waals surface area contributed by atoms with E-state index in [1.54, 1.807) is 12.1 Å². The van der Waals surface area contributed by atoms with Crippen molar-refractivity contribution < 1.29 is 13.2 Å². The van der Waals surface area contributed by atoms with Gasteiger partial charge in [0.2, 0.25) is 0 Å². The summed E-state index contributed by atoms with van der Waals surface area (Å²) in [4.78, 5) is 3.76. The molecule has 0 atom stereocenters. The van der Waals surface area contributed by atoms with Gasteiger partial charge in [-0.2, -0.15) is 5.26 Å². The van der Waals surface area contributed by atoms with Gasteiger partial charge in [-0.25, -0.2) is 8.42 Å². The minimum absolute atomic E-state index is 0. The van der Waals surface area contributed by atoms with Gasteiger partial charge in [-0.15, -0.1) is 12.4 Å². The van der Waals surface area contributed by atoms with Crippen LogP contribution in [0.1, 0.15) is 5.56 Å². The maximum atomic E-state index is 13.2. The molecule has 2 aromatic carbocycles. The average Bonchev–Trinajstić information content (AvgIpc) is 2.67. The van der Waals surface area contributed by atoms with Crippen molar-refractivity contribution in [1.82, 2.24) is 4.98 Å². The highest BCUT2D eigenvalue weighted by Gasteiger charge is 2.26. The van der Waals surface area contributed by atoms with Crippen LogP contribution < -0.4 is 9.04 Å². The Kier molecular flexibility index (Phi) is 7.33. The van der Waals surface area contributed by atoms with E-state index < -0.39 is 10.0 Å². The highest BCUT2D eigenvalue weighted by atomic mass is 35.5. The van der Waals surface area contributed by atoms with Gasteiger partial charge in [0.1, 0.15) is 16.4 Å². The lowest BCUT2D eigenvalue weighted by atomic mass is 10.2. The third kappa shape index (κ3) is 5.11. The van der Waals surface area contributed by atoms with E-state index in [4.69, 9.17) is 27.9 Å². The predicted molar refractivity (Wildman–Crippen MR) is 115 cm³/mol. The molecule has 0 aliphatic carbocycles. The Labute approximate surface area is 184 Å². The van der Waals surface area contributed by atoms with Gasteiger partial charge in [-0.3, -0.25) is 9.29 Å². The minimum atomic E-state index is -4.04. The zero-order valence-electron chi connectivity index (χ0n) is 14.9. The molecule has 0 spiro atoms.